The van der Waals surface area contributed by atoms with Crippen LogP contribution in [0, 0.1) is 17.1 Å². The SMILES string of the molecule is C[C@]1(F)Cc2c(Oc3cc(F)cc(C#N)c3)ccc(C[SH](=O)=O)c2[C@@H]1O. The largest absolute Gasteiger partial charge is 0.457 e. The van der Waals surface area contributed by atoms with Gasteiger partial charge in [0, 0.05) is 18.1 Å². The Morgan fingerprint density at radius 2 is 2.12 bits per heavy atom. The predicted molar refractivity (Wildman–Crippen MR) is 89.8 cm³/mol. The van der Waals surface area contributed by atoms with Crippen LogP contribution in [-0.2, 0) is 22.9 Å². The summed E-state index contributed by atoms with van der Waals surface area (Å²) in [4.78, 5) is 0. The van der Waals surface area contributed by atoms with E-state index in [9.17, 15) is 22.3 Å². The number of fused-ring (bicyclic) bond motifs is 1. The summed E-state index contributed by atoms with van der Waals surface area (Å²) in [6, 6.07) is 8.16. The topological polar surface area (TPSA) is 87.4 Å². The lowest BCUT2D eigenvalue weighted by atomic mass is 10.00. The van der Waals surface area contributed by atoms with Crippen molar-refractivity contribution in [3.05, 3.63) is 58.4 Å². The summed E-state index contributed by atoms with van der Waals surface area (Å²) in [5, 5.41) is 19.2. The molecule has 0 spiro atoms. The predicted octanol–water partition coefficient (Wildman–Crippen LogP) is 2.92. The van der Waals surface area contributed by atoms with Gasteiger partial charge in [-0.2, -0.15) is 5.26 Å². The van der Waals surface area contributed by atoms with Crippen LogP contribution in [-0.4, -0.2) is 19.2 Å². The second-order valence-electron chi connectivity index (χ2n) is 6.35. The first-order chi connectivity index (χ1) is 12.2. The molecule has 0 saturated heterocycles. The van der Waals surface area contributed by atoms with Gasteiger partial charge in [0.15, 0.2) is 0 Å². The van der Waals surface area contributed by atoms with Gasteiger partial charge in [0.1, 0.15) is 39.8 Å². The third-order valence-electron chi connectivity index (χ3n) is 4.30. The first-order valence-corrected chi connectivity index (χ1v) is 9.09. The maximum atomic E-state index is 14.7. The Hall–Kier alpha value is -2.50. The number of alkyl halides is 1. The smallest absolute Gasteiger partial charge is 0.144 e. The first kappa shape index (κ1) is 18.3. The fraction of sp³-hybridized carbons (Fsp3) is 0.278. The molecule has 2 aromatic rings. The molecule has 26 heavy (non-hydrogen) atoms. The third kappa shape index (κ3) is 3.41. The summed E-state index contributed by atoms with van der Waals surface area (Å²) in [6.07, 6.45) is -1.67. The minimum absolute atomic E-state index is 0.0494. The quantitative estimate of drug-likeness (QED) is 0.798. The molecule has 0 aliphatic heterocycles. The number of hydrogen-bond donors (Lipinski definition) is 2. The highest BCUT2D eigenvalue weighted by Gasteiger charge is 2.45. The Morgan fingerprint density at radius 3 is 2.77 bits per heavy atom. The number of hydrogen-bond acceptors (Lipinski definition) is 5. The van der Waals surface area contributed by atoms with Crippen LogP contribution in [0.5, 0.6) is 11.5 Å². The van der Waals surface area contributed by atoms with Crippen LogP contribution in [0.4, 0.5) is 8.78 Å². The Labute approximate surface area is 150 Å². The molecule has 1 N–H and O–H groups in total. The maximum Gasteiger partial charge on any atom is 0.144 e. The molecule has 3 rings (SSSR count). The van der Waals surface area contributed by atoms with Gasteiger partial charge in [-0.15, -0.1) is 0 Å². The molecular weight excluding hydrogens is 364 g/mol. The highest BCUT2D eigenvalue weighted by atomic mass is 32.2. The van der Waals surface area contributed by atoms with E-state index in [4.69, 9.17) is 10.00 Å². The Bertz CT molecular complexity index is 987. The van der Waals surface area contributed by atoms with E-state index in [1.807, 2.05) is 6.07 Å². The lowest BCUT2D eigenvalue weighted by Gasteiger charge is -2.18. The summed E-state index contributed by atoms with van der Waals surface area (Å²) >= 11 is 0. The van der Waals surface area contributed by atoms with Crippen molar-refractivity contribution in [2.45, 2.75) is 30.9 Å². The molecule has 0 fully saturated rings. The zero-order valence-corrected chi connectivity index (χ0v) is 14.6. The van der Waals surface area contributed by atoms with Crippen LogP contribution in [0.25, 0.3) is 0 Å². The molecule has 0 heterocycles. The van der Waals surface area contributed by atoms with E-state index in [-0.39, 0.29) is 34.8 Å². The molecule has 0 saturated carbocycles. The van der Waals surface area contributed by atoms with E-state index < -0.39 is 28.3 Å². The number of halogens is 2. The molecule has 0 amide bonds. The summed E-state index contributed by atoms with van der Waals surface area (Å²) in [6.45, 7) is 1.22. The molecule has 1 aliphatic carbocycles. The number of aliphatic hydroxyl groups excluding tert-OH is 1. The van der Waals surface area contributed by atoms with E-state index in [1.54, 1.807) is 0 Å². The maximum absolute atomic E-state index is 14.7. The molecular formula is C18H15F2NO4S. The summed E-state index contributed by atoms with van der Waals surface area (Å²) < 4.78 is 56.0. The molecule has 2 aromatic carbocycles. The van der Waals surface area contributed by atoms with Crippen molar-refractivity contribution >= 4 is 10.7 Å². The van der Waals surface area contributed by atoms with Crippen molar-refractivity contribution < 1.29 is 27.0 Å². The molecule has 2 atom stereocenters. The van der Waals surface area contributed by atoms with Crippen LogP contribution in [0.1, 0.15) is 35.3 Å². The van der Waals surface area contributed by atoms with Gasteiger partial charge in [-0.3, -0.25) is 0 Å². The van der Waals surface area contributed by atoms with Crippen molar-refractivity contribution in [1.29, 1.82) is 5.26 Å². The Kier molecular flexibility index (Phi) is 4.69. The van der Waals surface area contributed by atoms with Crippen molar-refractivity contribution in [3.8, 4) is 17.6 Å². The molecule has 8 heteroatoms. The Morgan fingerprint density at radius 1 is 1.38 bits per heavy atom. The van der Waals surface area contributed by atoms with Gasteiger partial charge >= 0.3 is 0 Å². The highest BCUT2D eigenvalue weighted by molar-refractivity contribution is 7.71. The number of nitrogens with zero attached hydrogens (tertiary/aromatic N) is 1. The normalized spacial score (nSPS) is 21.5. The fourth-order valence-corrected chi connectivity index (χ4v) is 3.70. The lowest BCUT2D eigenvalue weighted by molar-refractivity contribution is 0.0176. The number of nitriles is 1. The van der Waals surface area contributed by atoms with Crippen molar-refractivity contribution in [3.63, 3.8) is 0 Å². The van der Waals surface area contributed by atoms with Gasteiger partial charge in [0.05, 0.1) is 17.4 Å². The summed E-state index contributed by atoms with van der Waals surface area (Å²) in [5.41, 5.74) is -1.10. The average molecular weight is 379 g/mol. The van der Waals surface area contributed by atoms with E-state index in [2.05, 4.69) is 0 Å². The molecule has 5 nitrogen and oxygen atoms in total. The van der Waals surface area contributed by atoms with Gasteiger partial charge < -0.3 is 9.84 Å². The Balaban J connectivity index is 2.08. The van der Waals surface area contributed by atoms with Gasteiger partial charge in [-0.25, -0.2) is 17.2 Å². The van der Waals surface area contributed by atoms with E-state index in [0.717, 1.165) is 12.1 Å². The molecule has 136 valence electrons. The monoisotopic (exact) mass is 379 g/mol. The minimum atomic E-state index is -2.76. The van der Waals surface area contributed by atoms with Gasteiger partial charge in [-0.1, -0.05) is 6.07 Å². The molecule has 1 aliphatic rings. The van der Waals surface area contributed by atoms with Crippen LogP contribution in [0.15, 0.2) is 30.3 Å². The zero-order chi connectivity index (χ0) is 19.1. The zero-order valence-electron chi connectivity index (χ0n) is 13.7. The number of ether oxygens (including phenoxy) is 1. The van der Waals surface area contributed by atoms with Crippen molar-refractivity contribution in [2.75, 3.05) is 0 Å². The van der Waals surface area contributed by atoms with E-state index >= 15 is 0 Å². The van der Waals surface area contributed by atoms with Crippen LogP contribution in [0.2, 0.25) is 0 Å². The molecule has 0 radical (unpaired) electrons. The van der Waals surface area contributed by atoms with E-state index in [1.165, 1.54) is 25.1 Å². The van der Waals surface area contributed by atoms with Crippen LogP contribution >= 0.6 is 0 Å². The average Bonchev–Trinajstić information content (AvgIpc) is 2.79. The highest BCUT2D eigenvalue weighted by Crippen LogP contribution is 2.47. The third-order valence-corrected chi connectivity index (χ3v) is 4.90. The van der Waals surface area contributed by atoms with Crippen LogP contribution < -0.4 is 4.74 Å². The second kappa shape index (κ2) is 6.67. The van der Waals surface area contributed by atoms with Gasteiger partial charge in [-0.05, 0) is 36.2 Å². The first-order valence-electron chi connectivity index (χ1n) is 7.73. The number of rotatable bonds is 4. The molecule has 0 aromatic heterocycles. The van der Waals surface area contributed by atoms with Crippen molar-refractivity contribution in [2.24, 2.45) is 0 Å². The standard InChI is InChI=1S/C18H15F2NO4S/c1-18(20)7-14-15(25-13-5-10(8-21)4-12(19)6-13)3-2-11(9-26(23)24)16(14)17(18)22/h2-6,17,22,26H,7,9H2,1H3/t17-,18-/m0/s1. The van der Waals surface area contributed by atoms with Crippen LogP contribution in [0.3, 0.4) is 0 Å². The lowest BCUT2D eigenvalue weighted by Crippen LogP contribution is -2.23. The minimum Gasteiger partial charge on any atom is -0.457 e. The molecule has 0 unspecified atom stereocenters. The number of benzene rings is 2. The fourth-order valence-electron chi connectivity index (χ4n) is 3.15. The second-order valence-corrected chi connectivity index (χ2v) is 7.33. The van der Waals surface area contributed by atoms with Gasteiger partial charge in [0.25, 0.3) is 0 Å². The molecule has 0 bridgehead atoms. The van der Waals surface area contributed by atoms with Crippen molar-refractivity contribution in [1.82, 2.24) is 0 Å². The summed E-state index contributed by atoms with van der Waals surface area (Å²) in [5.74, 6) is -0.761. The number of thiol groups is 1. The van der Waals surface area contributed by atoms with Gasteiger partial charge in [0.2, 0.25) is 0 Å². The van der Waals surface area contributed by atoms with E-state index in [0.29, 0.717) is 11.1 Å². The summed E-state index contributed by atoms with van der Waals surface area (Å²) in [7, 11) is -2.76. The number of aliphatic hydroxyl groups is 1.